The van der Waals surface area contributed by atoms with Crippen molar-refractivity contribution < 1.29 is 4.43 Å². The summed E-state index contributed by atoms with van der Waals surface area (Å²) in [5.74, 6) is 0. The van der Waals surface area contributed by atoms with E-state index in [0.717, 1.165) is 0 Å². The summed E-state index contributed by atoms with van der Waals surface area (Å²) < 4.78 is 5.56. The molecule has 0 heterocycles. The summed E-state index contributed by atoms with van der Waals surface area (Å²) in [5.41, 5.74) is 0. The van der Waals surface area contributed by atoms with Crippen LogP contribution in [0.5, 0.6) is 0 Å². The molecule has 0 unspecified atom stereocenters. The zero-order valence-corrected chi connectivity index (χ0v) is 8.29. The molecule has 1 nitrogen and oxygen atoms in total. The fraction of sp³-hybridized carbons (Fsp3) is 0.200. The van der Waals surface area contributed by atoms with Gasteiger partial charge in [0.05, 0.1) is 6.61 Å². The number of benzene rings is 1. The predicted molar refractivity (Wildman–Crippen MR) is 53.8 cm³/mol. The molecule has 0 spiro atoms. The molecule has 0 aliphatic heterocycles. The molecule has 0 bridgehead atoms. The van der Waals surface area contributed by atoms with Gasteiger partial charge in [-0.25, -0.2) is 0 Å². The van der Waals surface area contributed by atoms with E-state index in [4.69, 9.17) is 4.43 Å². The molecule has 0 amide bonds. The van der Waals surface area contributed by atoms with Crippen LogP contribution in [0.3, 0.4) is 0 Å². The Balaban J connectivity index is 2.53. The minimum atomic E-state index is -0.801. The van der Waals surface area contributed by atoms with Gasteiger partial charge in [0.15, 0.2) is 0 Å². The van der Waals surface area contributed by atoms with E-state index in [1.54, 1.807) is 6.08 Å². The maximum atomic E-state index is 5.56. The summed E-state index contributed by atoms with van der Waals surface area (Å²) in [5, 5.41) is 1.31. The summed E-state index contributed by atoms with van der Waals surface area (Å²) in [4.78, 5) is 0. The largest absolute Gasteiger partial charge is 0.408 e. The Morgan fingerprint density at radius 2 is 2.08 bits per heavy atom. The number of hydrogen-bond donors (Lipinski definition) is 0. The van der Waals surface area contributed by atoms with Crippen LogP contribution < -0.4 is 5.19 Å². The van der Waals surface area contributed by atoms with Crippen LogP contribution in [0.2, 0.25) is 6.55 Å². The molecule has 0 aliphatic rings. The molecule has 0 aromatic heterocycles. The number of hydrogen-bond acceptors (Lipinski definition) is 1. The first kappa shape index (κ1) is 9.23. The van der Waals surface area contributed by atoms with Crippen molar-refractivity contribution in [1.82, 2.24) is 0 Å². The Hall–Kier alpha value is -0.863. The van der Waals surface area contributed by atoms with E-state index < -0.39 is 9.04 Å². The van der Waals surface area contributed by atoms with Gasteiger partial charge in [-0.05, 0) is 11.7 Å². The van der Waals surface area contributed by atoms with Gasteiger partial charge in [-0.2, -0.15) is 0 Å². The standard InChI is InChI=1S/C10H13OSi/c1-3-9-11-12(2)10-7-5-4-6-8-10/h3-8H,1,9H2,2H3. The lowest BCUT2D eigenvalue weighted by Crippen LogP contribution is -2.29. The molecular weight excluding hydrogens is 164 g/mol. The van der Waals surface area contributed by atoms with Crippen molar-refractivity contribution in [3.63, 3.8) is 0 Å². The van der Waals surface area contributed by atoms with Gasteiger partial charge in [-0.15, -0.1) is 6.58 Å². The maximum absolute atomic E-state index is 5.56. The predicted octanol–water partition coefficient (Wildman–Crippen LogP) is 1.72. The molecule has 63 valence electrons. The lowest BCUT2D eigenvalue weighted by molar-refractivity contribution is 0.379. The third-order valence-corrected chi connectivity index (χ3v) is 3.34. The van der Waals surface area contributed by atoms with Crippen molar-refractivity contribution in [2.75, 3.05) is 6.61 Å². The minimum Gasteiger partial charge on any atom is -0.408 e. The zero-order valence-electron chi connectivity index (χ0n) is 7.29. The maximum Gasteiger partial charge on any atom is 0.243 e. The summed E-state index contributed by atoms with van der Waals surface area (Å²) in [6.45, 7) is 6.41. The third kappa shape index (κ3) is 2.64. The van der Waals surface area contributed by atoms with E-state index in [0.29, 0.717) is 6.61 Å². The Bertz CT molecular complexity index is 233. The van der Waals surface area contributed by atoms with Gasteiger partial charge < -0.3 is 4.43 Å². The molecule has 1 aromatic carbocycles. The molecular formula is C10H13OSi. The van der Waals surface area contributed by atoms with Crippen molar-refractivity contribution in [2.24, 2.45) is 0 Å². The topological polar surface area (TPSA) is 9.23 Å². The van der Waals surface area contributed by atoms with Gasteiger partial charge in [0, 0.05) is 0 Å². The molecule has 0 saturated carbocycles. The summed E-state index contributed by atoms with van der Waals surface area (Å²) in [6.07, 6.45) is 1.79. The van der Waals surface area contributed by atoms with Crippen LogP contribution in [0.4, 0.5) is 0 Å². The van der Waals surface area contributed by atoms with Gasteiger partial charge in [-0.1, -0.05) is 36.4 Å². The molecule has 1 rings (SSSR count). The fourth-order valence-corrected chi connectivity index (χ4v) is 2.14. The van der Waals surface area contributed by atoms with Crippen LogP contribution in [0, 0.1) is 0 Å². The first-order chi connectivity index (χ1) is 5.84. The van der Waals surface area contributed by atoms with Crippen LogP contribution in [0.1, 0.15) is 0 Å². The highest BCUT2D eigenvalue weighted by molar-refractivity contribution is 6.66. The average molecular weight is 177 g/mol. The Kier molecular flexibility index (Phi) is 3.77. The van der Waals surface area contributed by atoms with Crippen molar-refractivity contribution >= 4 is 14.2 Å². The monoisotopic (exact) mass is 177 g/mol. The molecule has 0 fully saturated rings. The van der Waals surface area contributed by atoms with Gasteiger partial charge in [0.1, 0.15) is 0 Å². The zero-order chi connectivity index (χ0) is 8.81. The van der Waals surface area contributed by atoms with Crippen LogP contribution in [-0.4, -0.2) is 15.6 Å². The fourth-order valence-electron chi connectivity index (χ4n) is 0.940. The highest BCUT2D eigenvalue weighted by Crippen LogP contribution is 1.90. The first-order valence-corrected chi connectivity index (χ1v) is 5.88. The highest BCUT2D eigenvalue weighted by atomic mass is 28.3. The van der Waals surface area contributed by atoms with Gasteiger partial charge in [0.2, 0.25) is 9.04 Å². The SMILES string of the molecule is C=CCO[Si](C)c1ccccc1. The van der Waals surface area contributed by atoms with Crippen LogP contribution >= 0.6 is 0 Å². The normalized spacial score (nSPS) is 10.2. The molecule has 1 aromatic rings. The average Bonchev–Trinajstić information content (AvgIpc) is 2.15. The van der Waals surface area contributed by atoms with Crippen LogP contribution in [0.25, 0.3) is 0 Å². The first-order valence-electron chi connectivity index (χ1n) is 3.97. The Morgan fingerprint density at radius 1 is 1.42 bits per heavy atom. The quantitative estimate of drug-likeness (QED) is 0.502. The minimum absolute atomic E-state index is 0.652. The summed E-state index contributed by atoms with van der Waals surface area (Å²) in [6, 6.07) is 10.3. The highest BCUT2D eigenvalue weighted by Gasteiger charge is 2.06. The molecule has 0 atom stereocenters. The lowest BCUT2D eigenvalue weighted by Gasteiger charge is -2.08. The second-order valence-electron chi connectivity index (χ2n) is 2.52. The van der Waals surface area contributed by atoms with E-state index in [1.807, 2.05) is 18.2 Å². The molecule has 0 saturated heterocycles. The molecule has 1 radical (unpaired) electrons. The summed E-state index contributed by atoms with van der Waals surface area (Å²) in [7, 11) is -0.801. The van der Waals surface area contributed by atoms with E-state index in [1.165, 1.54) is 5.19 Å². The number of rotatable bonds is 4. The molecule has 2 heteroatoms. The van der Waals surface area contributed by atoms with Gasteiger partial charge >= 0.3 is 0 Å². The van der Waals surface area contributed by atoms with Crippen molar-refractivity contribution in [3.8, 4) is 0 Å². The Morgan fingerprint density at radius 3 is 2.67 bits per heavy atom. The van der Waals surface area contributed by atoms with E-state index >= 15 is 0 Å². The van der Waals surface area contributed by atoms with Crippen LogP contribution in [0.15, 0.2) is 43.0 Å². The van der Waals surface area contributed by atoms with Crippen LogP contribution in [-0.2, 0) is 4.43 Å². The van der Waals surface area contributed by atoms with E-state index in [2.05, 4.69) is 25.3 Å². The van der Waals surface area contributed by atoms with Gasteiger partial charge in [-0.3, -0.25) is 0 Å². The van der Waals surface area contributed by atoms with Crippen molar-refractivity contribution in [3.05, 3.63) is 43.0 Å². The third-order valence-electron chi connectivity index (χ3n) is 1.60. The van der Waals surface area contributed by atoms with E-state index in [-0.39, 0.29) is 0 Å². The molecule has 0 N–H and O–H groups in total. The second kappa shape index (κ2) is 4.90. The van der Waals surface area contributed by atoms with E-state index in [9.17, 15) is 0 Å². The van der Waals surface area contributed by atoms with Gasteiger partial charge in [0.25, 0.3) is 0 Å². The summed E-state index contributed by atoms with van der Waals surface area (Å²) >= 11 is 0. The Labute approximate surface area is 75.4 Å². The second-order valence-corrected chi connectivity index (χ2v) is 4.50. The molecule has 0 aliphatic carbocycles. The van der Waals surface area contributed by atoms with Crippen molar-refractivity contribution in [2.45, 2.75) is 6.55 Å². The lowest BCUT2D eigenvalue weighted by atomic mass is 10.4. The smallest absolute Gasteiger partial charge is 0.243 e. The van der Waals surface area contributed by atoms with Crippen molar-refractivity contribution in [1.29, 1.82) is 0 Å². The molecule has 12 heavy (non-hydrogen) atoms.